The molecule has 1 amide bonds. The van der Waals surface area contributed by atoms with Crippen molar-refractivity contribution in [3.8, 4) is 0 Å². The summed E-state index contributed by atoms with van der Waals surface area (Å²) in [4.78, 5) is 14.5. The molecule has 0 aliphatic carbocycles. The number of amides is 1. The molecule has 2 atom stereocenters. The molecule has 3 rings (SSSR count). The smallest absolute Gasteiger partial charge is 0.287 e. The van der Waals surface area contributed by atoms with Gasteiger partial charge in [-0.15, -0.1) is 0 Å². The van der Waals surface area contributed by atoms with Crippen LogP contribution in [-0.2, 0) is 11.3 Å². The molecule has 5 nitrogen and oxygen atoms in total. The van der Waals surface area contributed by atoms with E-state index in [-0.39, 0.29) is 28.6 Å². The van der Waals surface area contributed by atoms with Gasteiger partial charge in [-0.2, -0.15) is 0 Å². The van der Waals surface area contributed by atoms with Crippen LogP contribution in [0.4, 0.5) is 4.39 Å². The maximum Gasteiger partial charge on any atom is 0.287 e. The van der Waals surface area contributed by atoms with Crippen molar-refractivity contribution in [1.82, 2.24) is 10.2 Å². The largest absolute Gasteiger partial charge is 0.453 e. The van der Waals surface area contributed by atoms with Crippen molar-refractivity contribution >= 4 is 17.5 Å². The molecule has 0 spiro atoms. The monoisotopic (exact) mass is 380 g/mol. The van der Waals surface area contributed by atoms with Gasteiger partial charge in [0.1, 0.15) is 18.2 Å². The third-order valence-electron chi connectivity index (χ3n) is 4.76. The van der Waals surface area contributed by atoms with Gasteiger partial charge in [-0.1, -0.05) is 17.7 Å². The van der Waals surface area contributed by atoms with Crippen LogP contribution in [0.25, 0.3) is 0 Å². The third-order valence-corrected chi connectivity index (χ3v) is 5.06. The van der Waals surface area contributed by atoms with E-state index < -0.39 is 5.82 Å². The second-order valence-corrected chi connectivity index (χ2v) is 6.96. The zero-order valence-corrected chi connectivity index (χ0v) is 15.6. The van der Waals surface area contributed by atoms with Gasteiger partial charge in [-0.05, 0) is 55.8 Å². The number of nitrogens with zero attached hydrogens (tertiary/aromatic N) is 1. The first-order valence-corrected chi connectivity index (χ1v) is 8.88. The SMILES string of the molecule is COCc1ccc(C(=O)NC[C@H]2CCN(C)[C@@H]2c2ccc(Cl)c(F)c2)o1. The first-order chi connectivity index (χ1) is 12.5. The normalized spacial score (nSPS) is 20.5. The number of ether oxygens (including phenoxy) is 1. The average molecular weight is 381 g/mol. The first-order valence-electron chi connectivity index (χ1n) is 8.50. The van der Waals surface area contributed by atoms with Crippen molar-refractivity contribution in [2.75, 3.05) is 27.2 Å². The lowest BCUT2D eigenvalue weighted by atomic mass is 9.93. The quantitative estimate of drug-likeness (QED) is 0.831. The third kappa shape index (κ3) is 4.09. The van der Waals surface area contributed by atoms with Crippen LogP contribution >= 0.6 is 11.6 Å². The molecule has 1 aliphatic rings. The minimum atomic E-state index is -0.423. The Balaban J connectivity index is 1.65. The molecule has 2 heterocycles. The Hall–Kier alpha value is -1.89. The Morgan fingerprint density at radius 3 is 2.96 bits per heavy atom. The predicted molar refractivity (Wildman–Crippen MR) is 96.6 cm³/mol. The van der Waals surface area contributed by atoms with Gasteiger partial charge in [-0.3, -0.25) is 9.69 Å². The molecule has 0 unspecified atom stereocenters. The number of halogens is 2. The molecule has 1 aromatic heterocycles. The maximum absolute atomic E-state index is 13.8. The van der Waals surface area contributed by atoms with Crippen molar-refractivity contribution in [2.45, 2.75) is 19.1 Å². The number of carbonyl (C=O) groups is 1. The molecule has 7 heteroatoms. The summed E-state index contributed by atoms with van der Waals surface area (Å²) in [6, 6.07) is 8.29. The predicted octanol–water partition coefficient (Wildman–Crippen LogP) is 3.64. The number of methoxy groups -OCH3 is 1. The Morgan fingerprint density at radius 1 is 1.42 bits per heavy atom. The van der Waals surface area contributed by atoms with Crippen LogP contribution in [0.1, 0.15) is 34.3 Å². The van der Waals surface area contributed by atoms with E-state index in [2.05, 4.69) is 10.2 Å². The van der Waals surface area contributed by atoms with Gasteiger partial charge in [-0.25, -0.2) is 4.39 Å². The molecule has 1 saturated heterocycles. The van der Waals surface area contributed by atoms with Gasteiger partial charge >= 0.3 is 0 Å². The van der Waals surface area contributed by atoms with E-state index >= 15 is 0 Å². The Labute approximate surface area is 157 Å². The average Bonchev–Trinajstić information content (AvgIpc) is 3.22. The molecule has 1 fully saturated rings. The molecule has 26 heavy (non-hydrogen) atoms. The Kier molecular flexibility index (Phi) is 5.96. The van der Waals surface area contributed by atoms with Gasteiger partial charge in [0.05, 0.1) is 5.02 Å². The lowest BCUT2D eigenvalue weighted by Crippen LogP contribution is -2.32. The molecule has 0 bridgehead atoms. The van der Waals surface area contributed by atoms with E-state index in [0.717, 1.165) is 18.5 Å². The van der Waals surface area contributed by atoms with Gasteiger partial charge < -0.3 is 14.5 Å². The number of nitrogens with one attached hydrogen (secondary N) is 1. The summed E-state index contributed by atoms with van der Waals surface area (Å²) in [5.74, 6) is 0.361. The fourth-order valence-electron chi connectivity index (χ4n) is 3.49. The van der Waals surface area contributed by atoms with E-state index in [1.54, 1.807) is 25.3 Å². The first kappa shape index (κ1) is 18.9. The highest BCUT2D eigenvalue weighted by Gasteiger charge is 2.33. The van der Waals surface area contributed by atoms with Crippen molar-refractivity contribution in [3.05, 3.63) is 58.3 Å². The number of hydrogen-bond donors (Lipinski definition) is 1. The van der Waals surface area contributed by atoms with Crippen LogP contribution in [0.15, 0.2) is 34.7 Å². The lowest BCUT2D eigenvalue weighted by molar-refractivity contribution is 0.0907. The standard InChI is InChI=1S/C19H22ClFN2O3/c1-23-8-7-13(18(23)12-3-5-15(20)16(21)9-12)10-22-19(24)17-6-4-14(26-17)11-25-2/h3-6,9,13,18H,7-8,10-11H2,1-2H3,(H,22,24)/t13-,18-/m1/s1. The van der Waals surface area contributed by atoms with Crippen LogP contribution < -0.4 is 5.32 Å². The van der Waals surface area contributed by atoms with Crippen LogP contribution in [-0.4, -0.2) is 38.1 Å². The van der Waals surface area contributed by atoms with E-state index in [1.165, 1.54) is 6.07 Å². The number of carbonyl (C=O) groups excluding carboxylic acids is 1. The number of likely N-dealkylation sites (tertiary alicyclic amines) is 1. The van der Waals surface area contributed by atoms with Crippen LogP contribution in [0.3, 0.4) is 0 Å². The van der Waals surface area contributed by atoms with E-state index in [9.17, 15) is 9.18 Å². The zero-order chi connectivity index (χ0) is 18.7. The summed E-state index contributed by atoms with van der Waals surface area (Å²) in [5.41, 5.74) is 0.867. The lowest BCUT2D eigenvalue weighted by Gasteiger charge is -2.26. The number of hydrogen-bond acceptors (Lipinski definition) is 4. The zero-order valence-electron chi connectivity index (χ0n) is 14.8. The van der Waals surface area contributed by atoms with Gasteiger partial charge in [0.2, 0.25) is 0 Å². The summed E-state index contributed by atoms with van der Waals surface area (Å²) in [5, 5.41) is 3.04. The maximum atomic E-state index is 13.8. The molecule has 0 saturated carbocycles. The number of rotatable bonds is 6. The highest BCUT2D eigenvalue weighted by Crippen LogP contribution is 2.36. The van der Waals surface area contributed by atoms with Crippen molar-refractivity contribution in [3.63, 3.8) is 0 Å². The topological polar surface area (TPSA) is 54.7 Å². The van der Waals surface area contributed by atoms with Crippen molar-refractivity contribution in [2.24, 2.45) is 5.92 Å². The summed E-state index contributed by atoms with van der Waals surface area (Å²) in [6.07, 6.45) is 0.915. The summed E-state index contributed by atoms with van der Waals surface area (Å²) >= 11 is 5.79. The van der Waals surface area contributed by atoms with Crippen LogP contribution in [0.2, 0.25) is 5.02 Å². The molecule has 2 aromatic rings. The summed E-state index contributed by atoms with van der Waals surface area (Å²) in [7, 11) is 3.57. The summed E-state index contributed by atoms with van der Waals surface area (Å²) < 4.78 is 24.3. The molecule has 1 aliphatic heterocycles. The fourth-order valence-corrected chi connectivity index (χ4v) is 3.61. The van der Waals surface area contributed by atoms with Crippen LogP contribution in [0, 0.1) is 11.7 Å². The van der Waals surface area contributed by atoms with Crippen molar-refractivity contribution in [1.29, 1.82) is 0 Å². The second kappa shape index (κ2) is 8.20. The number of furan rings is 1. The highest BCUT2D eigenvalue weighted by atomic mass is 35.5. The van der Waals surface area contributed by atoms with Crippen LogP contribution in [0.5, 0.6) is 0 Å². The van der Waals surface area contributed by atoms with E-state index in [4.69, 9.17) is 20.8 Å². The van der Waals surface area contributed by atoms with E-state index in [1.807, 2.05) is 13.1 Å². The highest BCUT2D eigenvalue weighted by molar-refractivity contribution is 6.30. The van der Waals surface area contributed by atoms with Crippen molar-refractivity contribution < 1.29 is 18.3 Å². The fraction of sp³-hybridized carbons (Fsp3) is 0.421. The van der Waals surface area contributed by atoms with Gasteiger partial charge in [0.25, 0.3) is 5.91 Å². The Bertz CT molecular complexity index is 780. The van der Waals surface area contributed by atoms with E-state index in [0.29, 0.717) is 18.9 Å². The summed E-state index contributed by atoms with van der Waals surface area (Å²) in [6.45, 7) is 1.69. The molecule has 1 aromatic carbocycles. The van der Waals surface area contributed by atoms with Gasteiger partial charge in [0, 0.05) is 19.7 Å². The number of benzene rings is 1. The van der Waals surface area contributed by atoms with Gasteiger partial charge in [0.15, 0.2) is 5.76 Å². The molecule has 0 radical (unpaired) electrons. The molecular formula is C19H22ClFN2O3. The Morgan fingerprint density at radius 2 is 2.23 bits per heavy atom. The second-order valence-electron chi connectivity index (χ2n) is 6.56. The minimum Gasteiger partial charge on any atom is -0.453 e. The molecular weight excluding hydrogens is 359 g/mol. The minimum absolute atomic E-state index is 0.0303. The molecule has 140 valence electrons. The molecule has 1 N–H and O–H groups in total.